The van der Waals surface area contributed by atoms with Gasteiger partial charge in [-0.2, -0.15) is 0 Å². The van der Waals surface area contributed by atoms with Crippen LogP contribution in [-0.2, 0) is 26.4 Å². The smallest absolute Gasteiger partial charge is 0.134 e. The number of aryl methyl sites for hydroxylation is 1. The maximum Gasteiger partial charge on any atom is 0.692 e. The first-order valence-electron chi connectivity index (χ1n) is 11.6. The highest BCUT2D eigenvalue weighted by Gasteiger charge is 2.25. The molecule has 194 valence electrons. The molecule has 36 heavy (non-hydrogen) atoms. The predicted molar refractivity (Wildman–Crippen MR) is 148 cm³/mol. The number of benzene rings is 3. The zero-order chi connectivity index (χ0) is 27.7. The summed E-state index contributed by atoms with van der Waals surface area (Å²) in [5.41, 5.74) is 9.83. The van der Waals surface area contributed by atoms with Crippen LogP contribution in [-0.4, -0.2) is 19.6 Å². The van der Waals surface area contributed by atoms with E-state index in [9.17, 15) is 0 Å². The molecule has 0 saturated heterocycles. The highest BCUT2D eigenvalue weighted by Crippen LogP contribution is 2.39. The van der Waals surface area contributed by atoms with Gasteiger partial charge in [-0.25, -0.2) is 0 Å². The molecule has 0 aliphatic carbocycles. The van der Waals surface area contributed by atoms with Crippen molar-refractivity contribution in [2.45, 2.75) is 65.7 Å². The topological polar surface area (TPSA) is 115 Å². The van der Waals surface area contributed by atoms with Gasteiger partial charge in [0.05, 0.1) is 0 Å². The second kappa shape index (κ2) is 13.9. The van der Waals surface area contributed by atoms with Gasteiger partial charge in [-0.05, 0) is 56.2 Å². The summed E-state index contributed by atoms with van der Waals surface area (Å²) in [7, 11) is -5.74. The monoisotopic (exact) mass is 532 g/mol. The maximum atomic E-state index is 8.70. The Hall–Kier alpha value is -2.30. The van der Waals surface area contributed by atoms with Gasteiger partial charge in [0.25, 0.3) is 0 Å². The Morgan fingerprint density at radius 2 is 1.00 bits per heavy atom. The molecule has 0 aliphatic rings. The molecule has 0 bridgehead atoms. The average Bonchev–Trinajstić information content (AvgIpc) is 2.77. The summed E-state index contributed by atoms with van der Waals surface area (Å²) in [5, 5.41) is 0. The van der Waals surface area contributed by atoms with Gasteiger partial charge in [0.1, 0.15) is 0 Å². The molecule has 3 aromatic rings. The number of rotatable bonds is 3. The van der Waals surface area contributed by atoms with Crippen LogP contribution in [0.4, 0.5) is 0 Å². The molecule has 0 spiro atoms. The van der Waals surface area contributed by atoms with Crippen LogP contribution < -0.4 is 0 Å². The van der Waals surface area contributed by atoms with Crippen LogP contribution in [0.1, 0.15) is 65.2 Å². The lowest BCUT2D eigenvalue weighted by molar-refractivity contribution is 0.403. The normalized spacial score (nSPS) is 11.0. The standard InChI is InChI=1S/C28H34.2HO3P/c1-8-20-18-24(26(28(5,6)7)19-25(20)27(2,3)4)23-16-14-22(15-17-23)21-12-10-9-11-13-21;2*1-4(2)3/h9-19H,8H2,1-7H3;2*(H-,1,2,3)/p+2. The highest BCUT2D eigenvalue weighted by molar-refractivity contribution is 7.31. The molecule has 0 atom stereocenters. The van der Waals surface area contributed by atoms with E-state index in [0.29, 0.717) is 0 Å². The van der Waals surface area contributed by atoms with Crippen LogP contribution >= 0.6 is 16.5 Å². The van der Waals surface area contributed by atoms with Gasteiger partial charge >= 0.3 is 16.5 Å². The average molecular weight is 533 g/mol. The van der Waals surface area contributed by atoms with Crippen LogP contribution in [0.2, 0.25) is 0 Å². The number of hydrogen-bond acceptors (Lipinski definition) is 2. The summed E-state index contributed by atoms with van der Waals surface area (Å²) in [4.78, 5) is 28.5. The van der Waals surface area contributed by atoms with Crippen molar-refractivity contribution >= 4 is 16.5 Å². The zero-order valence-electron chi connectivity index (χ0n) is 22.1. The van der Waals surface area contributed by atoms with E-state index in [1.807, 2.05) is 0 Å². The SMILES string of the molecule is CCc1cc(-c2ccc(-c3ccccc3)cc2)c(C(C)(C)C)cc1C(C)(C)C.O=[P+](O)O.O=[P+](O)O. The van der Waals surface area contributed by atoms with Crippen LogP contribution in [0.5, 0.6) is 0 Å². The van der Waals surface area contributed by atoms with Gasteiger partial charge < -0.3 is 0 Å². The summed E-state index contributed by atoms with van der Waals surface area (Å²) in [5.74, 6) is 0. The lowest BCUT2D eigenvalue weighted by atomic mass is 9.75. The second-order valence-corrected chi connectivity index (χ2v) is 11.4. The zero-order valence-corrected chi connectivity index (χ0v) is 23.8. The van der Waals surface area contributed by atoms with Gasteiger partial charge in [-0.1, -0.05) is 115 Å². The molecule has 3 rings (SSSR count). The minimum absolute atomic E-state index is 0.0969. The van der Waals surface area contributed by atoms with E-state index in [0.717, 1.165) is 6.42 Å². The lowest BCUT2D eigenvalue weighted by Gasteiger charge is -2.30. The molecule has 0 heterocycles. The van der Waals surface area contributed by atoms with Crippen molar-refractivity contribution in [3.63, 3.8) is 0 Å². The summed E-state index contributed by atoms with van der Waals surface area (Å²) < 4.78 is 17.4. The first kappa shape index (κ1) is 31.7. The third-order valence-electron chi connectivity index (χ3n) is 5.54. The Morgan fingerprint density at radius 1 is 0.611 bits per heavy atom. The first-order chi connectivity index (χ1) is 16.6. The summed E-state index contributed by atoms with van der Waals surface area (Å²) in [6, 6.07) is 24.6. The van der Waals surface area contributed by atoms with Crippen LogP contribution in [0.25, 0.3) is 22.3 Å². The van der Waals surface area contributed by atoms with Crippen molar-refractivity contribution in [2.24, 2.45) is 0 Å². The number of hydrogen-bond donors (Lipinski definition) is 4. The van der Waals surface area contributed by atoms with E-state index in [4.69, 9.17) is 28.7 Å². The third kappa shape index (κ3) is 10.4. The van der Waals surface area contributed by atoms with E-state index in [1.54, 1.807) is 0 Å². The second-order valence-electron chi connectivity index (χ2n) is 10.4. The fraction of sp³-hybridized carbons (Fsp3) is 0.357. The fourth-order valence-electron chi connectivity index (χ4n) is 3.97. The molecule has 4 N–H and O–H groups in total. The Kier molecular flexibility index (Phi) is 12.2. The Bertz CT molecular complexity index is 1130. The van der Waals surface area contributed by atoms with Crippen molar-refractivity contribution in [1.29, 1.82) is 0 Å². The molecule has 3 aromatic carbocycles. The van der Waals surface area contributed by atoms with E-state index >= 15 is 0 Å². The van der Waals surface area contributed by atoms with Crippen molar-refractivity contribution < 1.29 is 28.7 Å². The quantitative estimate of drug-likeness (QED) is 0.261. The largest absolute Gasteiger partial charge is 0.692 e. The van der Waals surface area contributed by atoms with Crippen LogP contribution in [0.3, 0.4) is 0 Å². The molecule has 0 aliphatic heterocycles. The van der Waals surface area contributed by atoms with Crippen LogP contribution in [0, 0.1) is 0 Å². The molecule has 8 heteroatoms. The third-order valence-corrected chi connectivity index (χ3v) is 5.54. The predicted octanol–water partition coefficient (Wildman–Crippen LogP) is 7.43. The van der Waals surface area contributed by atoms with E-state index in [1.165, 1.54) is 38.9 Å². The van der Waals surface area contributed by atoms with Gasteiger partial charge in [-0.3, -0.25) is 0 Å². The first-order valence-corrected chi connectivity index (χ1v) is 13.9. The van der Waals surface area contributed by atoms with E-state index < -0.39 is 16.5 Å². The van der Waals surface area contributed by atoms with Crippen molar-refractivity contribution in [3.8, 4) is 22.3 Å². The highest BCUT2D eigenvalue weighted by atomic mass is 31.1. The van der Waals surface area contributed by atoms with E-state index in [-0.39, 0.29) is 10.8 Å². The van der Waals surface area contributed by atoms with Gasteiger partial charge in [0.2, 0.25) is 0 Å². The lowest BCUT2D eigenvalue weighted by Crippen LogP contribution is -2.19. The van der Waals surface area contributed by atoms with Gasteiger partial charge in [0.15, 0.2) is 0 Å². The molecular formula is C28H38O6P2+2. The van der Waals surface area contributed by atoms with Gasteiger partial charge in [0, 0.05) is 9.13 Å². The molecule has 0 unspecified atom stereocenters. The molecule has 6 nitrogen and oxygen atoms in total. The molecular weight excluding hydrogens is 494 g/mol. The van der Waals surface area contributed by atoms with Crippen molar-refractivity contribution in [3.05, 3.63) is 83.4 Å². The minimum Gasteiger partial charge on any atom is -0.134 e. The molecule has 0 saturated carbocycles. The van der Waals surface area contributed by atoms with E-state index in [2.05, 4.69) is 115 Å². The van der Waals surface area contributed by atoms with Gasteiger partial charge in [-0.15, -0.1) is 19.6 Å². The minimum atomic E-state index is -2.87. The molecule has 0 radical (unpaired) electrons. The Balaban J connectivity index is 0.000000709. The summed E-state index contributed by atoms with van der Waals surface area (Å²) in [6.45, 7) is 16.2. The van der Waals surface area contributed by atoms with Crippen molar-refractivity contribution in [2.75, 3.05) is 0 Å². The summed E-state index contributed by atoms with van der Waals surface area (Å²) >= 11 is 0. The molecule has 0 amide bonds. The fourth-order valence-corrected chi connectivity index (χ4v) is 3.97. The molecule has 0 aromatic heterocycles. The Labute approximate surface area is 216 Å². The van der Waals surface area contributed by atoms with Crippen LogP contribution in [0.15, 0.2) is 66.7 Å². The molecule has 0 fully saturated rings. The summed E-state index contributed by atoms with van der Waals surface area (Å²) in [6.07, 6.45) is 1.06. The maximum absolute atomic E-state index is 8.70. The Morgan fingerprint density at radius 3 is 1.39 bits per heavy atom. The van der Waals surface area contributed by atoms with Crippen molar-refractivity contribution in [1.82, 2.24) is 0 Å².